The molecule has 0 saturated heterocycles. The molecule has 0 atom stereocenters. The standard InChI is InChI=1S/C43H31NO/c1-30-39-18-9-10-21-42(39)45-43(30)35-16-11-17-37(29-35)44(38-27-22-31-12-5-6-15-34(31)28-38)36-25-23-33(24-26-36)41-20-8-7-19-40(41)32-13-3-2-4-14-32/h2-29H,1H3. The highest BCUT2D eigenvalue weighted by atomic mass is 16.3. The maximum atomic E-state index is 6.38. The highest BCUT2D eigenvalue weighted by molar-refractivity contribution is 5.92. The Morgan fingerprint density at radius 3 is 1.80 bits per heavy atom. The van der Waals surface area contributed by atoms with Crippen molar-refractivity contribution in [1.29, 1.82) is 0 Å². The molecule has 0 spiro atoms. The van der Waals surface area contributed by atoms with Crippen molar-refractivity contribution in [3.63, 3.8) is 0 Å². The number of aryl methyl sites for hydroxylation is 1. The van der Waals surface area contributed by atoms with Crippen LogP contribution < -0.4 is 4.90 Å². The molecule has 0 fully saturated rings. The molecular weight excluding hydrogens is 546 g/mol. The lowest BCUT2D eigenvalue weighted by atomic mass is 9.94. The fourth-order valence-corrected chi connectivity index (χ4v) is 6.39. The van der Waals surface area contributed by atoms with Crippen molar-refractivity contribution >= 4 is 38.8 Å². The van der Waals surface area contributed by atoms with Gasteiger partial charge in [-0.1, -0.05) is 127 Å². The molecular formula is C43H31NO. The molecule has 8 rings (SSSR count). The van der Waals surface area contributed by atoms with E-state index in [2.05, 4.69) is 170 Å². The third-order valence-corrected chi connectivity index (χ3v) is 8.65. The van der Waals surface area contributed by atoms with Gasteiger partial charge in [0, 0.05) is 33.6 Å². The van der Waals surface area contributed by atoms with Crippen LogP contribution in [0.4, 0.5) is 17.1 Å². The van der Waals surface area contributed by atoms with Gasteiger partial charge in [0.15, 0.2) is 0 Å². The maximum absolute atomic E-state index is 6.38. The molecule has 1 aromatic heterocycles. The SMILES string of the molecule is Cc1c(-c2cccc(N(c3ccc(-c4ccccc4-c4ccccc4)cc3)c3ccc4ccccc4c3)c2)oc2ccccc12. The molecule has 1 heterocycles. The first-order chi connectivity index (χ1) is 22.2. The van der Waals surface area contributed by atoms with Crippen molar-refractivity contribution in [2.75, 3.05) is 4.90 Å². The average molecular weight is 578 g/mol. The Hall–Kier alpha value is -5.86. The van der Waals surface area contributed by atoms with Crippen molar-refractivity contribution in [3.8, 4) is 33.6 Å². The molecule has 0 radical (unpaired) electrons. The molecule has 45 heavy (non-hydrogen) atoms. The number of hydrogen-bond acceptors (Lipinski definition) is 2. The minimum atomic E-state index is 0.907. The molecule has 0 unspecified atom stereocenters. The van der Waals surface area contributed by atoms with Crippen molar-refractivity contribution in [2.24, 2.45) is 0 Å². The van der Waals surface area contributed by atoms with Crippen LogP contribution in [-0.2, 0) is 0 Å². The Morgan fingerprint density at radius 2 is 1.02 bits per heavy atom. The lowest BCUT2D eigenvalue weighted by Crippen LogP contribution is -2.10. The van der Waals surface area contributed by atoms with E-state index >= 15 is 0 Å². The maximum Gasteiger partial charge on any atom is 0.138 e. The first kappa shape index (κ1) is 26.7. The molecule has 0 bridgehead atoms. The van der Waals surface area contributed by atoms with Crippen LogP contribution in [0.25, 0.3) is 55.3 Å². The first-order valence-corrected chi connectivity index (χ1v) is 15.4. The molecule has 0 amide bonds. The molecule has 0 N–H and O–H groups in total. The van der Waals surface area contributed by atoms with Gasteiger partial charge in [0.05, 0.1) is 0 Å². The van der Waals surface area contributed by atoms with E-state index in [1.807, 2.05) is 12.1 Å². The van der Waals surface area contributed by atoms with Gasteiger partial charge in [-0.3, -0.25) is 0 Å². The predicted octanol–water partition coefficient (Wildman–Crippen LogP) is 12.4. The molecule has 0 aliphatic heterocycles. The van der Waals surface area contributed by atoms with Crippen LogP contribution in [0.1, 0.15) is 5.56 Å². The fourth-order valence-electron chi connectivity index (χ4n) is 6.39. The Bertz CT molecular complexity index is 2280. The zero-order chi connectivity index (χ0) is 30.2. The Labute approximate surface area is 263 Å². The number of nitrogens with zero attached hydrogens (tertiary/aromatic N) is 1. The van der Waals surface area contributed by atoms with E-state index in [0.29, 0.717) is 0 Å². The van der Waals surface area contributed by atoms with Crippen LogP contribution in [0.5, 0.6) is 0 Å². The number of benzene rings is 7. The number of hydrogen-bond donors (Lipinski definition) is 0. The molecule has 7 aromatic carbocycles. The largest absolute Gasteiger partial charge is 0.456 e. The van der Waals surface area contributed by atoms with Crippen molar-refractivity contribution in [2.45, 2.75) is 6.92 Å². The summed E-state index contributed by atoms with van der Waals surface area (Å²) < 4.78 is 6.38. The average Bonchev–Trinajstić information content (AvgIpc) is 3.45. The van der Waals surface area contributed by atoms with Crippen LogP contribution in [0, 0.1) is 6.92 Å². The third kappa shape index (κ3) is 4.97. The van der Waals surface area contributed by atoms with Gasteiger partial charge < -0.3 is 9.32 Å². The van der Waals surface area contributed by atoms with Gasteiger partial charge in [0.2, 0.25) is 0 Å². The van der Waals surface area contributed by atoms with Gasteiger partial charge >= 0.3 is 0 Å². The fraction of sp³-hybridized carbons (Fsp3) is 0.0233. The molecule has 0 aliphatic rings. The Morgan fingerprint density at radius 1 is 0.422 bits per heavy atom. The number of para-hydroxylation sites is 1. The predicted molar refractivity (Wildman–Crippen MR) is 189 cm³/mol. The van der Waals surface area contributed by atoms with E-state index < -0.39 is 0 Å². The van der Waals surface area contributed by atoms with Crippen LogP contribution in [0.15, 0.2) is 174 Å². The second-order valence-electron chi connectivity index (χ2n) is 11.4. The molecule has 214 valence electrons. The minimum Gasteiger partial charge on any atom is -0.456 e. The monoisotopic (exact) mass is 577 g/mol. The van der Waals surface area contributed by atoms with Gasteiger partial charge in [0.25, 0.3) is 0 Å². The number of anilines is 3. The summed E-state index contributed by atoms with van der Waals surface area (Å²) in [7, 11) is 0. The summed E-state index contributed by atoms with van der Waals surface area (Å²) in [6, 6.07) is 60.3. The first-order valence-electron chi connectivity index (χ1n) is 15.4. The number of furan rings is 1. The number of rotatable bonds is 6. The van der Waals surface area contributed by atoms with Gasteiger partial charge in [-0.15, -0.1) is 0 Å². The highest BCUT2D eigenvalue weighted by Gasteiger charge is 2.17. The normalized spacial score (nSPS) is 11.2. The van der Waals surface area contributed by atoms with Crippen molar-refractivity contribution < 1.29 is 4.42 Å². The zero-order valence-electron chi connectivity index (χ0n) is 25.0. The van der Waals surface area contributed by atoms with Crippen LogP contribution in [0.3, 0.4) is 0 Å². The van der Waals surface area contributed by atoms with E-state index in [0.717, 1.165) is 44.9 Å². The lowest BCUT2D eigenvalue weighted by Gasteiger charge is -2.26. The van der Waals surface area contributed by atoms with E-state index in [-0.39, 0.29) is 0 Å². The summed E-state index contributed by atoms with van der Waals surface area (Å²) in [5.74, 6) is 0.907. The van der Waals surface area contributed by atoms with Crippen LogP contribution in [0.2, 0.25) is 0 Å². The summed E-state index contributed by atoms with van der Waals surface area (Å²) in [6.45, 7) is 2.14. The lowest BCUT2D eigenvalue weighted by molar-refractivity contribution is 0.629. The van der Waals surface area contributed by atoms with Gasteiger partial charge in [-0.2, -0.15) is 0 Å². The van der Waals surface area contributed by atoms with Crippen molar-refractivity contribution in [1.82, 2.24) is 0 Å². The second kappa shape index (κ2) is 11.3. The quantitative estimate of drug-likeness (QED) is 0.195. The van der Waals surface area contributed by atoms with Gasteiger partial charge in [-0.05, 0) is 82.4 Å². The summed E-state index contributed by atoms with van der Waals surface area (Å²) >= 11 is 0. The van der Waals surface area contributed by atoms with E-state index in [4.69, 9.17) is 4.42 Å². The summed E-state index contributed by atoms with van der Waals surface area (Å²) in [5, 5.41) is 3.58. The Kier molecular flexibility index (Phi) is 6.73. The summed E-state index contributed by atoms with van der Waals surface area (Å²) in [4.78, 5) is 2.33. The van der Waals surface area contributed by atoms with Gasteiger partial charge in [0.1, 0.15) is 11.3 Å². The van der Waals surface area contributed by atoms with E-state index in [9.17, 15) is 0 Å². The minimum absolute atomic E-state index is 0.907. The van der Waals surface area contributed by atoms with Crippen molar-refractivity contribution in [3.05, 3.63) is 175 Å². The smallest absolute Gasteiger partial charge is 0.138 e. The van der Waals surface area contributed by atoms with E-state index in [1.54, 1.807) is 0 Å². The molecule has 0 aliphatic carbocycles. The van der Waals surface area contributed by atoms with E-state index in [1.165, 1.54) is 33.0 Å². The molecule has 2 heteroatoms. The second-order valence-corrected chi connectivity index (χ2v) is 11.4. The number of fused-ring (bicyclic) bond motifs is 2. The molecule has 0 saturated carbocycles. The van der Waals surface area contributed by atoms with Crippen LogP contribution in [-0.4, -0.2) is 0 Å². The summed E-state index contributed by atoms with van der Waals surface area (Å²) in [6.07, 6.45) is 0. The zero-order valence-corrected chi connectivity index (χ0v) is 25.0. The van der Waals surface area contributed by atoms with Gasteiger partial charge in [-0.25, -0.2) is 0 Å². The van der Waals surface area contributed by atoms with Crippen LogP contribution >= 0.6 is 0 Å². The topological polar surface area (TPSA) is 16.4 Å². The molecule has 2 nitrogen and oxygen atoms in total. The highest BCUT2D eigenvalue weighted by Crippen LogP contribution is 2.41. The summed E-state index contributed by atoms with van der Waals surface area (Å²) in [5.41, 5.74) is 11.2. The third-order valence-electron chi connectivity index (χ3n) is 8.65. The molecule has 8 aromatic rings. The Balaban J connectivity index is 1.25.